The standard InChI is InChI=1S/C13H26N2O5/c1-14-20-12-11-19-10-9-18-8-7-15(2)6-4-5-13(16)17-3/h4-5,14H,6-12H2,1-3H3/b5-4+. The molecule has 0 unspecified atom stereocenters. The smallest absolute Gasteiger partial charge is 0.330 e. The number of esters is 1. The van der Waals surface area contributed by atoms with Gasteiger partial charge < -0.3 is 19.1 Å². The van der Waals surface area contributed by atoms with Gasteiger partial charge in [0.1, 0.15) is 0 Å². The summed E-state index contributed by atoms with van der Waals surface area (Å²) in [5, 5.41) is 0. The van der Waals surface area contributed by atoms with Crippen LogP contribution >= 0.6 is 0 Å². The highest BCUT2D eigenvalue weighted by Crippen LogP contribution is 1.87. The quantitative estimate of drug-likeness (QED) is 0.219. The van der Waals surface area contributed by atoms with E-state index in [0.29, 0.717) is 39.6 Å². The van der Waals surface area contributed by atoms with E-state index < -0.39 is 0 Å². The molecule has 7 heteroatoms. The van der Waals surface area contributed by atoms with Crippen molar-refractivity contribution in [3.05, 3.63) is 12.2 Å². The molecule has 0 aromatic rings. The zero-order chi connectivity index (χ0) is 15.1. The second-order valence-electron chi connectivity index (χ2n) is 3.97. The van der Waals surface area contributed by atoms with Gasteiger partial charge in [0.2, 0.25) is 0 Å². The minimum atomic E-state index is -0.339. The van der Waals surface area contributed by atoms with Gasteiger partial charge in [0.05, 0.1) is 40.1 Å². The van der Waals surface area contributed by atoms with E-state index in [1.165, 1.54) is 13.2 Å². The third kappa shape index (κ3) is 13.4. The highest BCUT2D eigenvalue weighted by Gasteiger charge is 1.97. The van der Waals surface area contributed by atoms with Gasteiger partial charge in [0, 0.05) is 26.2 Å². The van der Waals surface area contributed by atoms with Crippen LogP contribution in [0.2, 0.25) is 0 Å². The highest BCUT2D eigenvalue weighted by atomic mass is 16.7. The van der Waals surface area contributed by atoms with E-state index in [4.69, 9.17) is 14.3 Å². The van der Waals surface area contributed by atoms with Crippen LogP contribution in [0.15, 0.2) is 12.2 Å². The molecule has 0 saturated heterocycles. The monoisotopic (exact) mass is 290 g/mol. The molecule has 118 valence electrons. The van der Waals surface area contributed by atoms with Gasteiger partial charge in [-0.25, -0.2) is 10.3 Å². The van der Waals surface area contributed by atoms with E-state index in [2.05, 4.69) is 10.2 Å². The Morgan fingerprint density at radius 2 is 1.80 bits per heavy atom. The number of hydrogen-bond donors (Lipinski definition) is 1. The molecule has 0 aromatic carbocycles. The number of hydrogen-bond acceptors (Lipinski definition) is 7. The lowest BCUT2D eigenvalue weighted by Crippen LogP contribution is -2.24. The lowest BCUT2D eigenvalue weighted by atomic mass is 10.4. The lowest BCUT2D eigenvalue weighted by molar-refractivity contribution is -0.134. The SMILES string of the molecule is CNOCCOCCOCCN(C)C/C=C/C(=O)OC. The average molecular weight is 290 g/mol. The maximum atomic E-state index is 10.8. The molecule has 0 spiro atoms. The fourth-order valence-corrected chi connectivity index (χ4v) is 1.23. The van der Waals surface area contributed by atoms with Crippen LogP contribution in [0.5, 0.6) is 0 Å². The molecule has 1 N–H and O–H groups in total. The van der Waals surface area contributed by atoms with Crippen LogP contribution < -0.4 is 5.48 Å². The number of nitrogens with zero attached hydrogens (tertiary/aromatic N) is 1. The highest BCUT2D eigenvalue weighted by molar-refractivity contribution is 5.81. The summed E-state index contributed by atoms with van der Waals surface area (Å²) in [5.41, 5.74) is 2.57. The van der Waals surface area contributed by atoms with Gasteiger partial charge in [-0.05, 0) is 7.05 Å². The first-order valence-corrected chi connectivity index (χ1v) is 6.57. The summed E-state index contributed by atoms with van der Waals surface area (Å²) < 4.78 is 15.2. The number of nitrogens with one attached hydrogen (secondary N) is 1. The van der Waals surface area contributed by atoms with Crippen molar-refractivity contribution in [3.8, 4) is 0 Å². The van der Waals surface area contributed by atoms with Crippen molar-refractivity contribution in [1.29, 1.82) is 0 Å². The van der Waals surface area contributed by atoms with E-state index in [9.17, 15) is 4.79 Å². The van der Waals surface area contributed by atoms with Gasteiger partial charge in [0.15, 0.2) is 0 Å². The second kappa shape index (κ2) is 14.4. The topological polar surface area (TPSA) is 69.3 Å². The number of carbonyl (C=O) groups is 1. The Morgan fingerprint density at radius 3 is 2.45 bits per heavy atom. The van der Waals surface area contributed by atoms with E-state index in [-0.39, 0.29) is 5.97 Å². The van der Waals surface area contributed by atoms with Crippen molar-refractivity contribution in [3.63, 3.8) is 0 Å². The summed E-state index contributed by atoms with van der Waals surface area (Å²) in [5.74, 6) is -0.339. The molecule has 0 aliphatic heterocycles. The molecule has 0 saturated carbocycles. The Hall–Kier alpha value is -0.990. The van der Waals surface area contributed by atoms with Crippen LogP contribution in [0, 0.1) is 0 Å². The molecule has 0 atom stereocenters. The minimum Gasteiger partial charge on any atom is -0.466 e. The second-order valence-corrected chi connectivity index (χ2v) is 3.97. The molecule has 0 radical (unpaired) electrons. The van der Waals surface area contributed by atoms with Gasteiger partial charge in [-0.1, -0.05) is 6.08 Å². The third-order valence-electron chi connectivity index (χ3n) is 2.34. The van der Waals surface area contributed by atoms with Crippen molar-refractivity contribution >= 4 is 5.97 Å². The molecule has 0 heterocycles. The summed E-state index contributed by atoms with van der Waals surface area (Å²) in [4.78, 5) is 17.8. The predicted octanol–water partition coefficient (Wildman–Crippen LogP) is -0.168. The Kier molecular flexibility index (Phi) is 13.7. The molecule has 0 aromatic heterocycles. The van der Waals surface area contributed by atoms with E-state index in [1.54, 1.807) is 13.1 Å². The van der Waals surface area contributed by atoms with Crippen molar-refractivity contribution in [2.45, 2.75) is 0 Å². The Morgan fingerprint density at radius 1 is 1.15 bits per heavy atom. The van der Waals surface area contributed by atoms with Crippen LogP contribution in [-0.4, -0.2) is 78.2 Å². The fraction of sp³-hybridized carbons (Fsp3) is 0.769. The normalized spacial score (nSPS) is 11.4. The molecule has 0 rings (SSSR count). The first kappa shape index (κ1) is 19.0. The number of ether oxygens (including phenoxy) is 3. The van der Waals surface area contributed by atoms with Crippen LogP contribution in [0.3, 0.4) is 0 Å². The fourth-order valence-electron chi connectivity index (χ4n) is 1.23. The van der Waals surface area contributed by atoms with Gasteiger partial charge in [-0.2, -0.15) is 0 Å². The molecule has 0 amide bonds. The average Bonchev–Trinajstić information content (AvgIpc) is 2.45. The van der Waals surface area contributed by atoms with Crippen LogP contribution in [0.25, 0.3) is 0 Å². The Labute approximate surface area is 120 Å². The number of carbonyl (C=O) groups excluding carboxylic acids is 1. The number of rotatable bonds is 13. The van der Waals surface area contributed by atoms with E-state index in [1.807, 2.05) is 11.9 Å². The summed E-state index contributed by atoms with van der Waals surface area (Å²) in [7, 11) is 5.02. The Balaban J connectivity index is 3.29. The molecule has 0 bridgehead atoms. The molecular formula is C13H26N2O5. The summed E-state index contributed by atoms with van der Waals surface area (Å²) >= 11 is 0. The van der Waals surface area contributed by atoms with Gasteiger partial charge >= 0.3 is 5.97 Å². The minimum absolute atomic E-state index is 0.339. The van der Waals surface area contributed by atoms with E-state index in [0.717, 1.165) is 6.54 Å². The maximum Gasteiger partial charge on any atom is 0.330 e. The van der Waals surface area contributed by atoms with Gasteiger partial charge in [-0.15, -0.1) is 0 Å². The predicted molar refractivity (Wildman–Crippen MR) is 75.3 cm³/mol. The summed E-state index contributed by atoms with van der Waals surface area (Å²) in [6.45, 7) is 4.27. The first-order valence-electron chi connectivity index (χ1n) is 6.57. The maximum absolute atomic E-state index is 10.8. The number of methoxy groups -OCH3 is 1. The van der Waals surface area contributed by atoms with Gasteiger partial charge in [0.25, 0.3) is 0 Å². The molecule has 0 aliphatic rings. The van der Waals surface area contributed by atoms with Crippen molar-refractivity contribution < 1.29 is 23.8 Å². The molecule has 7 nitrogen and oxygen atoms in total. The molecular weight excluding hydrogens is 264 g/mol. The van der Waals surface area contributed by atoms with Crippen molar-refractivity contribution in [2.75, 3.05) is 67.3 Å². The zero-order valence-electron chi connectivity index (χ0n) is 12.6. The molecule has 0 aliphatic carbocycles. The first-order chi connectivity index (χ1) is 9.70. The van der Waals surface area contributed by atoms with Gasteiger partial charge in [-0.3, -0.25) is 4.84 Å². The third-order valence-corrected chi connectivity index (χ3v) is 2.34. The molecule has 20 heavy (non-hydrogen) atoms. The Bertz CT molecular complexity index is 261. The largest absolute Gasteiger partial charge is 0.466 e. The number of hydroxylamine groups is 1. The number of likely N-dealkylation sites (N-methyl/N-ethyl adjacent to an activating group) is 1. The van der Waals surface area contributed by atoms with Crippen molar-refractivity contribution in [1.82, 2.24) is 10.4 Å². The molecule has 0 fully saturated rings. The van der Waals surface area contributed by atoms with Crippen LogP contribution in [0.4, 0.5) is 0 Å². The van der Waals surface area contributed by atoms with Crippen molar-refractivity contribution in [2.24, 2.45) is 0 Å². The van der Waals surface area contributed by atoms with Crippen LogP contribution in [-0.2, 0) is 23.8 Å². The summed E-state index contributed by atoms with van der Waals surface area (Å²) in [6, 6.07) is 0. The van der Waals surface area contributed by atoms with Crippen LogP contribution in [0.1, 0.15) is 0 Å². The zero-order valence-corrected chi connectivity index (χ0v) is 12.6. The summed E-state index contributed by atoms with van der Waals surface area (Å²) in [6.07, 6.45) is 3.18. The van der Waals surface area contributed by atoms with E-state index >= 15 is 0 Å². The lowest BCUT2D eigenvalue weighted by Gasteiger charge is -2.14.